The van der Waals surface area contributed by atoms with Gasteiger partial charge in [0, 0.05) is 49.3 Å². The fourth-order valence-corrected chi connectivity index (χ4v) is 5.08. The number of hydrogen-bond donors (Lipinski definition) is 2. The van der Waals surface area contributed by atoms with Gasteiger partial charge in [-0.2, -0.15) is 13.2 Å². The second-order valence-electron chi connectivity index (χ2n) is 9.90. The zero-order valence-electron chi connectivity index (χ0n) is 21.0. The van der Waals surface area contributed by atoms with Crippen LogP contribution in [0.2, 0.25) is 0 Å². The maximum Gasteiger partial charge on any atom is 0.418 e. The zero-order chi connectivity index (χ0) is 27.8. The molecule has 0 radical (unpaired) electrons. The lowest BCUT2D eigenvalue weighted by atomic mass is 10.1. The van der Waals surface area contributed by atoms with Gasteiger partial charge in [-0.25, -0.2) is 4.79 Å². The van der Waals surface area contributed by atoms with Crippen molar-refractivity contribution in [1.82, 2.24) is 9.88 Å². The Hall–Kier alpha value is -2.45. The molecule has 2 N–H and O–H groups in total. The summed E-state index contributed by atoms with van der Waals surface area (Å²) in [4.78, 5) is 19.8. The highest BCUT2D eigenvalue weighted by molar-refractivity contribution is 14.1. The summed E-state index contributed by atoms with van der Waals surface area (Å²) in [7, 11) is 0. The molecule has 1 unspecified atom stereocenters. The number of piperazine rings is 1. The number of alkyl halides is 4. The number of aliphatic hydroxyl groups is 1. The van der Waals surface area contributed by atoms with Crippen LogP contribution in [0.4, 0.5) is 40.7 Å². The average molecular weight is 666 g/mol. The van der Waals surface area contributed by atoms with E-state index in [2.05, 4.69) is 10.3 Å². The van der Waals surface area contributed by atoms with Gasteiger partial charge in [0.15, 0.2) is 0 Å². The monoisotopic (exact) mass is 665 g/mol. The molecular formula is C25H28ClF3IN5O3. The maximum atomic E-state index is 14.2. The molecule has 2 aromatic rings. The van der Waals surface area contributed by atoms with Gasteiger partial charge in [0.25, 0.3) is 0 Å². The van der Waals surface area contributed by atoms with Crippen LogP contribution in [-0.2, 0) is 17.5 Å². The van der Waals surface area contributed by atoms with Crippen molar-refractivity contribution in [3.63, 3.8) is 0 Å². The van der Waals surface area contributed by atoms with Crippen LogP contribution in [0.25, 0.3) is 6.08 Å². The van der Waals surface area contributed by atoms with Crippen molar-refractivity contribution in [1.29, 1.82) is 0 Å². The summed E-state index contributed by atoms with van der Waals surface area (Å²) >= 11 is 8.35. The molecule has 13 heteroatoms. The van der Waals surface area contributed by atoms with E-state index >= 15 is 0 Å². The van der Waals surface area contributed by atoms with Gasteiger partial charge in [-0.3, -0.25) is 8.10 Å². The van der Waals surface area contributed by atoms with Crippen molar-refractivity contribution in [2.24, 2.45) is 0 Å². The van der Waals surface area contributed by atoms with E-state index in [4.69, 9.17) is 16.3 Å². The molecule has 38 heavy (non-hydrogen) atoms. The number of carbonyl (C=O) groups is 1. The molecule has 2 aliphatic rings. The highest BCUT2D eigenvalue weighted by atomic mass is 127. The second kappa shape index (κ2) is 11.0. The normalized spacial score (nSPS) is 17.9. The molecule has 1 saturated heterocycles. The third kappa shape index (κ3) is 6.23. The smallest absolute Gasteiger partial charge is 0.418 e. The van der Waals surface area contributed by atoms with Gasteiger partial charge >= 0.3 is 12.3 Å². The average Bonchev–Trinajstić information content (AvgIpc) is 2.85. The second-order valence-corrected chi connectivity index (χ2v) is 11.4. The number of aromatic nitrogens is 1. The lowest BCUT2D eigenvalue weighted by Crippen LogP contribution is -2.50. The third-order valence-electron chi connectivity index (χ3n) is 6.02. The van der Waals surface area contributed by atoms with Crippen LogP contribution >= 0.6 is 34.5 Å². The Labute approximate surface area is 237 Å². The molecule has 1 atom stereocenters. The molecule has 1 fully saturated rings. The number of aliphatic hydroxyl groups excluding tert-OH is 1. The Morgan fingerprint density at radius 3 is 2.53 bits per heavy atom. The summed E-state index contributed by atoms with van der Waals surface area (Å²) in [6.45, 7) is 5.88. The van der Waals surface area contributed by atoms with Gasteiger partial charge in [-0.1, -0.05) is 11.6 Å². The van der Waals surface area contributed by atoms with Gasteiger partial charge in [-0.05, 0) is 51.1 Å². The van der Waals surface area contributed by atoms with Crippen molar-refractivity contribution in [2.75, 3.05) is 39.5 Å². The lowest BCUT2D eigenvalue weighted by Gasteiger charge is -2.37. The minimum absolute atomic E-state index is 0.0327. The van der Waals surface area contributed by atoms with Gasteiger partial charge in [-0.15, -0.1) is 0 Å². The Bertz CT molecular complexity index is 1230. The van der Waals surface area contributed by atoms with E-state index in [1.165, 1.54) is 17.2 Å². The number of hydrogen-bond acceptors (Lipinski definition) is 7. The molecule has 206 valence electrons. The molecule has 3 heterocycles. The molecule has 8 nitrogen and oxygen atoms in total. The number of nitrogens with one attached hydrogen (secondary N) is 1. The highest BCUT2D eigenvalue weighted by Crippen LogP contribution is 2.43. The molecule has 1 aromatic carbocycles. The minimum atomic E-state index is -4.62. The molecule has 0 aliphatic carbocycles. The molecule has 0 saturated carbocycles. The summed E-state index contributed by atoms with van der Waals surface area (Å²) in [6.07, 6.45) is -0.146. The molecule has 0 spiro atoms. The van der Waals surface area contributed by atoms with Crippen molar-refractivity contribution in [2.45, 2.75) is 44.7 Å². The third-order valence-corrected chi connectivity index (χ3v) is 7.77. The molecule has 1 aromatic heterocycles. The quantitative estimate of drug-likeness (QED) is 0.176. The number of halogens is 5. The van der Waals surface area contributed by atoms with E-state index in [-0.39, 0.29) is 44.2 Å². The van der Waals surface area contributed by atoms with E-state index < -0.39 is 28.9 Å². The number of rotatable bonds is 4. The zero-order valence-corrected chi connectivity index (χ0v) is 23.9. The first-order chi connectivity index (χ1) is 17.8. The summed E-state index contributed by atoms with van der Waals surface area (Å²) in [6, 6.07) is 4.04. The van der Waals surface area contributed by atoms with Crippen molar-refractivity contribution >= 4 is 69.4 Å². The largest absolute Gasteiger partial charge is 0.444 e. The fraction of sp³-hybridized carbons (Fsp3) is 0.440. The number of nitrogens with zero attached hydrogens (tertiary/aromatic N) is 4. The Balaban J connectivity index is 1.61. The standard InChI is InChI=1S/C25H28ClF3IN5O3/c1-24(2,3)38-23(37)34-10-8-33(9-11-34)19-6-4-16(12-17(19)25(27,28)29)32-21-15(14-36)13-31-18-5-7-20(26)35(30)22(18)21/h4-7,12-13,20,36H,8-11,14H2,1-3H3,(H,31,32). The lowest BCUT2D eigenvalue weighted by molar-refractivity contribution is -0.137. The van der Waals surface area contributed by atoms with Gasteiger partial charge in [0.05, 0.1) is 52.1 Å². The van der Waals surface area contributed by atoms with E-state index in [0.717, 1.165) is 6.07 Å². The summed E-state index contributed by atoms with van der Waals surface area (Å²) in [5.41, 5.74) is 0.262. The Morgan fingerprint density at radius 2 is 1.92 bits per heavy atom. The molecule has 1 amide bonds. The number of ether oxygens (including phenoxy) is 1. The van der Waals surface area contributed by atoms with E-state index in [1.54, 1.807) is 47.0 Å². The summed E-state index contributed by atoms with van der Waals surface area (Å²) < 4.78 is 49.7. The predicted octanol–water partition coefficient (Wildman–Crippen LogP) is 6.14. The van der Waals surface area contributed by atoms with Crippen LogP contribution < -0.4 is 13.3 Å². The van der Waals surface area contributed by atoms with Crippen LogP contribution in [0.3, 0.4) is 0 Å². The van der Waals surface area contributed by atoms with Crippen molar-refractivity contribution in [3.05, 3.63) is 47.3 Å². The van der Waals surface area contributed by atoms with Gasteiger partial charge < -0.3 is 25.0 Å². The van der Waals surface area contributed by atoms with Crippen molar-refractivity contribution < 1.29 is 27.8 Å². The number of amides is 1. The number of benzene rings is 1. The number of carbonyl (C=O) groups excluding carboxylic acids is 1. The number of anilines is 4. The first kappa shape index (κ1) is 28.6. The van der Waals surface area contributed by atoms with Crippen LogP contribution in [0, 0.1) is 0 Å². The fourth-order valence-electron chi connectivity index (χ4n) is 4.24. The van der Waals surface area contributed by atoms with Gasteiger partial charge in [0.1, 0.15) is 11.1 Å². The van der Waals surface area contributed by atoms with Crippen LogP contribution in [0.15, 0.2) is 30.5 Å². The van der Waals surface area contributed by atoms with Gasteiger partial charge in [0.2, 0.25) is 0 Å². The molecule has 4 rings (SSSR count). The minimum Gasteiger partial charge on any atom is -0.444 e. The van der Waals surface area contributed by atoms with E-state index in [1.807, 2.05) is 22.9 Å². The molecule has 0 bridgehead atoms. The topological polar surface area (TPSA) is 81.2 Å². The number of pyridine rings is 1. The molecular weight excluding hydrogens is 638 g/mol. The Kier molecular flexibility index (Phi) is 8.24. The molecule has 2 aliphatic heterocycles. The highest BCUT2D eigenvalue weighted by Gasteiger charge is 2.37. The SMILES string of the molecule is CC(C)(C)OC(=O)N1CCN(c2ccc(Nc3c(CO)cnc4c3N(I)C(Cl)C=C4)cc2C(F)(F)F)CC1. The summed E-state index contributed by atoms with van der Waals surface area (Å²) in [5, 5.41) is 13.0. The summed E-state index contributed by atoms with van der Waals surface area (Å²) in [5.74, 6) is 0. The van der Waals surface area contributed by atoms with E-state index in [9.17, 15) is 23.1 Å². The maximum absolute atomic E-state index is 14.2. The van der Waals surface area contributed by atoms with Crippen LogP contribution in [-0.4, -0.2) is 58.4 Å². The first-order valence-electron chi connectivity index (χ1n) is 11.9. The van der Waals surface area contributed by atoms with Crippen molar-refractivity contribution in [3.8, 4) is 0 Å². The predicted molar refractivity (Wildman–Crippen MR) is 150 cm³/mol. The van der Waals surface area contributed by atoms with Crippen LogP contribution in [0.5, 0.6) is 0 Å². The van der Waals surface area contributed by atoms with Crippen LogP contribution in [0.1, 0.15) is 37.6 Å². The van der Waals surface area contributed by atoms with E-state index in [0.29, 0.717) is 22.6 Å². The number of fused-ring (bicyclic) bond motifs is 1. The Morgan fingerprint density at radius 1 is 1.24 bits per heavy atom. The first-order valence-corrected chi connectivity index (χ1v) is 13.3.